The fourth-order valence-electron chi connectivity index (χ4n) is 1.98. The maximum absolute atomic E-state index is 13.3. The van der Waals surface area contributed by atoms with Crippen LogP contribution in [0.25, 0.3) is 10.9 Å². The Morgan fingerprint density at radius 3 is 2.90 bits per heavy atom. The van der Waals surface area contributed by atoms with E-state index in [0.717, 1.165) is 17.8 Å². The summed E-state index contributed by atoms with van der Waals surface area (Å²) >= 11 is 0. The largest absolute Gasteiger partial charge is 0.376 e. The lowest BCUT2D eigenvalue weighted by Gasteiger charge is -2.11. The number of carbonyl (C=O) groups is 1. The van der Waals surface area contributed by atoms with Crippen LogP contribution < -0.4 is 10.6 Å². The smallest absolute Gasteiger partial charge is 0.239 e. The normalized spacial score (nSPS) is 10.6. The summed E-state index contributed by atoms with van der Waals surface area (Å²) in [4.78, 5) is 15.9. The molecular formula is C15H18FN3O. The molecule has 4 nitrogen and oxygen atoms in total. The summed E-state index contributed by atoms with van der Waals surface area (Å²) in [6.45, 7) is 4.68. The van der Waals surface area contributed by atoms with E-state index in [2.05, 4.69) is 15.6 Å². The van der Waals surface area contributed by atoms with Crippen LogP contribution >= 0.6 is 0 Å². The lowest BCUT2D eigenvalue weighted by molar-refractivity contribution is -0.119. The van der Waals surface area contributed by atoms with E-state index in [9.17, 15) is 9.18 Å². The molecule has 2 N–H and O–H groups in total. The summed E-state index contributed by atoms with van der Waals surface area (Å²) in [5.41, 5.74) is 2.25. The van der Waals surface area contributed by atoms with Crippen molar-refractivity contribution in [2.75, 3.05) is 18.4 Å². The fourth-order valence-corrected chi connectivity index (χ4v) is 1.98. The second-order valence-corrected chi connectivity index (χ2v) is 4.68. The quantitative estimate of drug-likeness (QED) is 0.882. The van der Waals surface area contributed by atoms with Gasteiger partial charge in [0.2, 0.25) is 5.91 Å². The Labute approximate surface area is 117 Å². The van der Waals surface area contributed by atoms with Gasteiger partial charge in [-0.1, -0.05) is 6.92 Å². The number of hydrogen-bond acceptors (Lipinski definition) is 3. The van der Waals surface area contributed by atoms with Crippen LogP contribution in [-0.2, 0) is 4.79 Å². The summed E-state index contributed by atoms with van der Waals surface area (Å²) < 4.78 is 13.3. The third-order valence-electron chi connectivity index (χ3n) is 2.91. The molecule has 0 aliphatic rings. The minimum atomic E-state index is -0.318. The van der Waals surface area contributed by atoms with Crippen molar-refractivity contribution in [1.29, 1.82) is 0 Å². The van der Waals surface area contributed by atoms with Gasteiger partial charge < -0.3 is 10.6 Å². The first-order chi connectivity index (χ1) is 9.60. The van der Waals surface area contributed by atoms with Crippen molar-refractivity contribution in [1.82, 2.24) is 10.3 Å². The first-order valence-corrected chi connectivity index (χ1v) is 6.67. The number of aryl methyl sites for hydroxylation is 1. The van der Waals surface area contributed by atoms with Crippen molar-refractivity contribution in [2.45, 2.75) is 20.3 Å². The number of pyridine rings is 1. The molecule has 0 saturated carbocycles. The predicted octanol–water partition coefficient (Wildman–Crippen LogP) is 2.62. The van der Waals surface area contributed by atoms with Crippen molar-refractivity contribution in [3.05, 3.63) is 35.8 Å². The van der Waals surface area contributed by atoms with Gasteiger partial charge in [-0.25, -0.2) is 4.39 Å². The highest BCUT2D eigenvalue weighted by Crippen LogP contribution is 2.23. The Morgan fingerprint density at radius 2 is 2.15 bits per heavy atom. The van der Waals surface area contributed by atoms with Crippen LogP contribution in [0.5, 0.6) is 0 Å². The van der Waals surface area contributed by atoms with Crippen LogP contribution in [0.15, 0.2) is 24.3 Å². The van der Waals surface area contributed by atoms with Gasteiger partial charge in [-0.2, -0.15) is 0 Å². The molecule has 1 aromatic carbocycles. The molecule has 0 aliphatic carbocycles. The number of nitrogens with zero attached hydrogens (tertiary/aromatic N) is 1. The highest BCUT2D eigenvalue weighted by molar-refractivity contribution is 5.93. The summed E-state index contributed by atoms with van der Waals surface area (Å²) in [7, 11) is 0. The molecular weight excluding hydrogens is 257 g/mol. The molecule has 1 aromatic heterocycles. The van der Waals surface area contributed by atoms with Gasteiger partial charge in [0.05, 0.1) is 12.1 Å². The van der Waals surface area contributed by atoms with Crippen molar-refractivity contribution in [2.24, 2.45) is 0 Å². The third kappa shape index (κ3) is 3.44. The monoisotopic (exact) mass is 275 g/mol. The fraction of sp³-hybridized carbons (Fsp3) is 0.333. The maximum Gasteiger partial charge on any atom is 0.239 e. The van der Waals surface area contributed by atoms with Gasteiger partial charge in [0, 0.05) is 23.3 Å². The van der Waals surface area contributed by atoms with Crippen molar-refractivity contribution >= 4 is 22.5 Å². The van der Waals surface area contributed by atoms with Gasteiger partial charge in [-0.05, 0) is 37.6 Å². The summed E-state index contributed by atoms with van der Waals surface area (Å²) in [5.74, 6) is -0.396. The van der Waals surface area contributed by atoms with E-state index in [1.165, 1.54) is 12.1 Å². The number of nitrogens with one attached hydrogen (secondary N) is 2. The average molecular weight is 275 g/mol. The van der Waals surface area contributed by atoms with Gasteiger partial charge in [0.1, 0.15) is 5.82 Å². The molecule has 2 aromatic rings. The zero-order valence-electron chi connectivity index (χ0n) is 11.7. The van der Waals surface area contributed by atoms with Crippen LogP contribution in [0.2, 0.25) is 0 Å². The SMILES string of the molecule is CCCNC(=O)CNc1cc(C)nc2ccc(F)cc12. The molecule has 20 heavy (non-hydrogen) atoms. The standard InChI is InChI=1S/C15H18FN3O/c1-3-6-17-15(20)9-18-14-7-10(2)19-13-5-4-11(16)8-12(13)14/h4-5,7-8H,3,6,9H2,1-2H3,(H,17,20)(H,18,19). The second kappa shape index (κ2) is 6.32. The van der Waals surface area contributed by atoms with Crippen LogP contribution in [-0.4, -0.2) is 24.0 Å². The molecule has 2 rings (SSSR count). The molecule has 0 spiro atoms. The molecule has 0 atom stereocenters. The highest BCUT2D eigenvalue weighted by atomic mass is 19.1. The maximum atomic E-state index is 13.3. The minimum Gasteiger partial charge on any atom is -0.376 e. The van der Waals surface area contributed by atoms with E-state index in [0.29, 0.717) is 17.4 Å². The van der Waals surface area contributed by atoms with E-state index in [-0.39, 0.29) is 18.3 Å². The molecule has 1 heterocycles. The molecule has 0 radical (unpaired) electrons. The van der Waals surface area contributed by atoms with Crippen molar-refractivity contribution in [3.63, 3.8) is 0 Å². The van der Waals surface area contributed by atoms with E-state index in [4.69, 9.17) is 0 Å². The predicted molar refractivity (Wildman–Crippen MR) is 78.2 cm³/mol. The summed E-state index contributed by atoms with van der Waals surface area (Å²) in [6, 6.07) is 6.26. The molecule has 1 amide bonds. The number of halogens is 1. The van der Waals surface area contributed by atoms with E-state index in [1.807, 2.05) is 19.9 Å². The topological polar surface area (TPSA) is 54.0 Å². The van der Waals surface area contributed by atoms with Gasteiger partial charge >= 0.3 is 0 Å². The highest BCUT2D eigenvalue weighted by Gasteiger charge is 2.07. The Kier molecular flexibility index (Phi) is 4.50. The lowest BCUT2D eigenvalue weighted by Crippen LogP contribution is -2.30. The second-order valence-electron chi connectivity index (χ2n) is 4.68. The average Bonchev–Trinajstić information content (AvgIpc) is 2.43. The number of benzene rings is 1. The third-order valence-corrected chi connectivity index (χ3v) is 2.91. The zero-order chi connectivity index (χ0) is 14.5. The molecule has 0 unspecified atom stereocenters. The van der Waals surface area contributed by atoms with Gasteiger partial charge in [0.25, 0.3) is 0 Å². The van der Waals surface area contributed by atoms with Crippen LogP contribution in [0.4, 0.5) is 10.1 Å². The number of aromatic nitrogens is 1. The molecule has 0 saturated heterocycles. The minimum absolute atomic E-state index is 0.0779. The van der Waals surface area contributed by atoms with Crippen LogP contribution in [0.3, 0.4) is 0 Å². The molecule has 0 bridgehead atoms. The summed E-state index contributed by atoms with van der Waals surface area (Å²) in [5, 5.41) is 6.51. The molecule has 106 valence electrons. The van der Waals surface area contributed by atoms with Gasteiger partial charge in [-0.15, -0.1) is 0 Å². The van der Waals surface area contributed by atoms with E-state index < -0.39 is 0 Å². The Morgan fingerprint density at radius 1 is 1.35 bits per heavy atom. The Bertz CT molecular complexity index is 628. The number of hydrogen-bond donors (Lipinski definition) is 2. The Balaban J connectivity index is 2.20. The number of carbonyl (C=O) groups excluding carboxylic acids is 1. The number of fused-ring (bicyclic) bond motifs is 1. The van der Waals surface area contributed by atoms with Crippen molar-refractivity contribution in [3.8, 4) is 0 Å². The number of anilines is 1. The molecule has 0 aliphatic heterocycles. The first-order valence-electron chi connectivity index (χ1n) is 6.67. The lowest BCUT2D eigenvalue weighted by atomic mass is 10.1. The number of rotatable bonds is 5. The van der Waals surface area contributed by atoms with Crippen molar-refractivity contribution < 1.29 is 9.18 Å². The molecule has 0 fully saturated rings. The van der Waals surface area contributed by atoms with Gasteiger partial charge in [0.15, 0.2) is 0 Å². The van der Waals surface area contributed by atoms with Crippen LogP contribution in [0.1, 0.15) is 19.0 Å². The van der Waals surface area contributed by atoms with Gasteiger partial charge in [-0.3, -0.25) is 9.78 Å². The number of amides is 1. The molecule has 5 heteroatoms. The Hall–Kier alpha value is -2.17. The summed E-state index contributed by atoms with van der Waals surface area (Å²) in [6.07, 6.45) is 0.897. The van der Waals surface area contributed by atoms with E-state index in [1.54, 1.807) is 6.07 Å². The zero-order valence-corrected chi connectivity index (χ0v) is 11.7. The first kappa shape index (κ1) is 14.2. The van der Waals surface area contributed by atoms with Crippen LogP contribution in [0, 0.1) is 12.7 Å². The van der Waals surface area contributed by atoms with E-state index >= 15 is 0 Å².